The van der Waals surface area contributed by atoms with Gasteiger partial charge in [-0.1, -0.05) is 6.07 Å². The number of carbonyl (C=O) groups is 2. The van der Waals surface area contributed by atoms with E-state index in [-0.39, 0.29) is 36.4 Å². The van der Waals surface area contributed by atoms with Crippen LogP contribution < -0.4 is 10.1 Å². The monoisotopic (exact) mass is 327 g/mol. The number of halogens is 2. The second-order valence-corrected chi connectivity index (χ2v) is 5.69. The third kappa shape index (κ3) is 6.46. The average Bonchev–Trinajstić information content (AvgIpc) is 2.47. The standard InChI is InChI=1S/C16H19F2NO4/c1-16(2,3)23-15(21)19-8-11(7-17)10-22-13-6-4-5-12(9-20)14(13)18/h4-7,9H,8,10H2,1-3H3,(H,19,21)/b11-7+. The Kier molecular flexibility index (Phi) is 6.68. The highest BCUT2D eigenvalue weighted by Gasteiger charge is 2.16. The Balaban J connectivity index is 2.55. The second-order valence-electron chi connectivity index (χ2n) is 5.69. The summed E-state index contributed by atoms with van der Waals surface area (Å²) >= 11 is 0. The summed E-state index contributed by atoms with van der Waals surface area (Å²) < 4.78 is 36.7. The van der Waals surface area contributed by atoms with E-state index in [2.05, 4.69) is 5.32 Å². The van der Waals surface area contributed by atoms with E-state index in [1.807, 2.05) is 0 Å². The Labute approximate surface area is 133 Å². The van der Waals surface area contributed by atoms with Crippen LogP contribution in [0.5, 0.6) is 5.75 Å². The Morgan fingerprint density at radius 2 is 2.04 bits per heavy atom. The molecule has 0 fully saturated rings. The summed E-state index contributed by atoms with van der Waals surface area (Å²) in [6, 6.07) is 4.06. The first-order valence-corrected chi connectivity index (χ1v) is 6.88. The highest BCUT2D eigenvalue weighted by Crippen LogP contribution is 2.19. The van der Waals surface area contributed by atoms with Crippen molar-refractivity contribution in [1.29, 1.82) is 0 Å². The number of ether oxygens (including phenoxy) is 2. The molecule has 0 saturated heterocycles. The lowest BCUT2D eigenvalue weighted by Crippen LogP contribution is -2.34. The van der Waals surface area contributed by atoms with Gasteiger partial charge >= 0.3 is 6.09 Å². The van der Waals surface area contributed by atoms with Crippen LogP contribution in [0.25, 0.3) is 0 Å². The maximum absolute atomic E-state index is 13.8. The molecule has 0 radical (unpaired) electrons. The zero-order chi connectivity index (χ0) is 17.5. The summed E-state index contributed by atoms with van der Waals surface area (Å²) in [5, 5.41) is 2.36. The van der Waals surface area contributed by atoms with E-state index in [0.29, 0.717) is 6.29 Å². The van der Waals surface area contributed by atoms with Gasteiger partial charge in [0.2, 0.25) is 0 Å². The topological polar surface area (TPSA) is 64.6 Å². The van der Waals surface area contributed by atoms with Crippen molar-refractivity contribution in [2.45, 2.75) is 26.4 Å². The zero-order valence-electron chi connectivity index (χ0n) is 13.2. The minimum Gasteiger partial charge on any atom is -0.486 e. The van der Waals surface area contributed by atoms with Crippen LogP contribution in [0.1, 0.15) is 31.1 Å². The number of carbonyl (C=O) groups excluding carboxylic acids is 2. The summed E-state index contributed by atoms with van der Waals surface area (Å²) in [6.07, 6.45) is -0.0808. The smallest absolute Gasteiger partial charge is 0.407 e. The SMILES string of the molecule is CC(C)(C)OC(=O)NC/C(=C\F)COc1cccc(C=O)c1F. The van der Waals surface area contributed by atoms with Crippen LogP contribution in [-0.4, -0.2) is 31.1 Å². The van der Waals surface area contributed by atoms with Crippen LogP contribution in [0.2, 0.25) is 0 Å². The molecule has 23 heavy (non-hydrogen) atoms. The van der Waals surface area contributed by atoms with Crippen molar-refractivity contribution in [1.82, 2.24) is 5.32 Å². The molecule has 0 spiro atoms. The summed E-state index contributed by atoms with van der Waals surface area (Å²) in [6.45, 7) is 4.66. The summed E-state index contributed by atoms with van der Waals surface area (Å²) in [5.74, 6) is -0.993. The molecule has 1 amide bonds. The van der Waals surface area contributed by atoms with Gasteiger partial charge in [-0.05, 0) is 32.9 Å². The molecule has 0 aliphatic heterocycles. The van der Waals surface area contributed by atoms with Gasteiger partial charge in [0.15, 0.2) is 17.9 Å². The molecule has 1 aromatic carbocycles. The van der Waals surface area contributed by atoms with Crippen LogP contribution in [0.4, 0.5) is 13.6 Å². The molecule has 1 aromatic rings. The molecule has 0 bridgehead atoms. The average molecular weight is 327 g/mol. The first-order valence-electron chi connectivity index (χ1n) is 6.88. The molecule has 0 heterocycles. The minimum atomic E-state index is -0.819. The molecule has 0 unspecified atom stereocenters. The van der Waals surface area contributed by atoms with E-state index >= 15 is 0 Å². The molecule has 0 saturated carbocycles. The Morgan fingerprint density at radius 3 is 2.61 bits per heavy atom. The summed E-state index contributed by atoms with van der Waals surface area (Å²) in [7, 11) is 0. The van der Waals surface area contributed by atoms with E-state index in [9.17, 15) is 18.4 Å². The third-order valence-corrected chi connectivity index (χ3v) is 2.55. The van der Waals surface area contributed by atoms with Crippen LogP contribution in [0.3, 0.4) is 0 Å². The predicted molar refractivity (Wildman–Crippen MR) is 80.7 cm³/mol. The molecule has 5 nitrogen and oxygen atoms in total. The second kappa shape index (κ2) is 8.26. The summed E-state index contributed by atoms with van der Waals surface area (Å²) in [5.41, 5.74) is -0.745. The molecule has 0 atom stereocenters. The van der Waals surface area contributed by atoms with Crippen molar-refractivity contribution in [3.63, 3.8) is 0 Å². The number of hydrogen-bond acceptors (Lipinski definition) is 4. The predicted octanol–water partition coefficient (Wildman–Crippen LogP) is 3.40. The van der Waals surface area contributed by atoms with Crippen molar-refractivity contribution in [2.24, 2.45) is 0 Å². The highest BCUT2D eigenvalue weighted by molar-refractivity contribution is 5.76. The van der Waals surface area contributed by atoms with E-state index in [4.69, 9.17) is 9.47 Å². The maximum atomic E-state index is 13.8. The fourth-order valence-electron chi connectivity index (χ4n) is 1.52. The first kappa shape index (κ1) is 18.6. The minimum absolute atomic E-state index is 0.0757. The fraction of sp³-hybridized carbons (Fsp3) is 0.375. The van der Waals surface area contributed by atoms with E-state index in [1.165, 1.54) is 18.2 Å². The van der Waals surface area contributed by atoms with Gasteiger partial charge in [0.25, 0.3) is 0 Å². The van der Waals surface area contributed by atoms with Crippen molar-refractivity contribution in [3.8, 4) is 5.75 Å². The van der Waals surface area contributed by atoms with Crippen molar-refractivity contribution in [3.05, 3.63) is 41.5 Å². The third-order valence-electron chi connectivity index (χ3n) is 2.55. The quantitative estimate of drug-likeness (QED) is 0.813. The molecule has 7 heteroatoms. The molecule has 0 aromatic heterocycles. The lowest BCUT2D eigenvalue weighted by molar-refractivity contribution is 0.0531. The van der Waals surface area contributed by atoms with Gasteiger partial charge in [0.05, 0.1) is 11.9 Å². The molecule has 0 aliphatic rings. The zero-order valence-corrected chi connectivity index (χ0v) is 13.2. The van der Waals surface area contributed by atoms with Gasteiger partial charge < -0.3 is 14.8 Å². The highest BCUT2D eigenvalue weighted by atomic mass is 19.1. The Hall–Kier alpha value is -2.44. The van der Waals surface area contributed by atoms with Gasteiger partial charge in [-0.3, -0.25) is 4.79 Å². The lowest BCUT2D eigenvalue weighted by atomic mass is 10.2. The van der Waals surface area contributed by atoms with Crippen LogP contribution >= 0.6 is 0 Å². The van der Waals surface area contributed by atoms with Crippen molar-refractivity contribution >= 4 is 12.4 Å². The number of hydrogen-bond donors (Lipinski definition) is 1. The first-order chi connectivity index (χ1) is 10.8. The number of nitrogens with one attached hydrogen (secondary N) is 1. The lowest BCUT2D eigenvalue weighted by Gasteiger charge is -2.20. The Morgan fingerprint density at radius 1 is 1.35 bits per heavy atom. The van der Waals surface area contributed by atoms with Gasteiger partial charge in [0.1, 0.15) is 12.2 Å². The van der Waals surface area contributed by atoms with Gasteiger partial charge in [-0.15, -0.1) is 0 Å². The molecule has 126 valence electrons. The van der Waals surface area contributed by atoms with Crippen molar-refractivity contribution in [2.75, 3.05) is 13.2 Å². The van der Waals surface area contributed by atoms with Gasteiger partial charge in [-0.25, -0.2) is 13.6 Å². The largest absolute Gasteiger partial charge is 0.486 e. The molecular weight excluding hydrogens is 308 g/mol. The Bertz CT molecular complexity index is 594. The molecular formula is C16H19F2NO4. The number of benzene rings is 1. The molecule has 1 N–H and O–H groups in total. The van der Waals surface area contributed by atoms with Gasteiger partial charge in [-0.2, -0.15) is 0 Å². The van der Waals surface area contributed by atoms with E-state index in [0.717, 1.165) is 0 Å². The molecule has 0 aliphatic carbocycles. The van der Waals surface area contributed by atoms with E-state index < -0.39 is 17.5 Å². The molecule has 1 rings (SSSR count). The summed E-state index contributed by atoms with van der Waals surface area (Å²) in [4.78, 5) is 22.1. The normalized spacial score (nSPS) is 11.8. The number of alkyl carbamates (subject to hydrolysis) is 1. The van der Waals surface area contributed by atoms with Crippen LogP contribution in [0, 0.1) is 5.82 Å². The van der Waals surface area contributed by atoms with Crippen LogP contribution in [-0.2, 0) is 4.74 Å². The number of rotatable bonds is 6. The number of aldehydes is 1. The van der Waals surface area contributed by atoms with E-state index in [1.54, 1.807) is 20.8 Å². The maximum Gasteiger partial charge on any atom is 0.407 e. The number of amides is 1. The van der Waals surface area contributed by atoms with Crippen molar-refractivity contribution < 1.29 is 27.8 Å². The van der Waals surface area contributed by atoms with Crippen LogP contribution in [0.15, 0.2) is 30.1 Å². The van der Waals surface area contributed by atoms with Gasteiger partial charge in [0, 0.05) is 12.1 Å². The fourth-order valence-corrected chi connectivity index (χ4v) is 1.52.